The third-order valence-corrected chi connectivity index (χ3v) is 7.05. The van der Waals surface area contributed by atoms with Crippen molar-refractivity contribution in [2.45, 2.75) is 32.1 Å². The third-order valence-electron chi connectivity index (χ3n) is 7.05. The summed E-state index contributed by atoms with van der Waals surface area (Å²) in [5, 5.41) is 3.00. The van der Waals surface area contributed by atoms with Gasteiger partial charge in [-0.05, 0) is 61.2 Å². The van der Waals surface area contributed by atoms with Crippen LogP contribution in [0.2, 0.25) is 0 Å². The summed E-state index contributed by atoms with van der Waals surface area (Å²) in [7, 11) is 1.66. The fourth-order valence-electron chi connectivity index (χ4n) is 5.11. The molecule has 1 aliphatic heterocycles. The van der Waals surface area contributed by atoms with Gasteiger partial charge in [0, 0.05) is 50.2 Å². The van der Waals surface area contributed by atoms with Crippen molar-refractivity contribution in [2.75, 3.05) is 44.7 Å². The molecule has 1 heterocycles. The number of halogens is 1. The van der Waals surface area contributed by atoms with Crippen molar-refractivity contribution in [3.8, 4) is 5.75 Å². The number of carbonyl (C=O) groups excluding carboxylic acids is 2. The predicted octanol–water partition coefficient (Wildman–Crippen LogP) is 3.65. The molecule has 2 aromatic carbocycles. The van der Waals surface area contributed by atoms with E-state index in [4.69, 9.17) is 4.74 Å². The van der Waals surface area contributed by atoms with Crippen molar-refractivity contribution in [1.82, 2.24) is 10.2 Å². The normalized spacial score (nSPS) is 20.6. The fourth-order valence-corrected chi connectivity index (χ4v) is 5.11. The summed E-state index contributed by atoms with van der Waals surface area (Å²) in [4.78, 5) is 30.6. The average molecular weight is 468 g/mol. The molecule has 7 heteroatoms. The monoisotopic (exact) mass is 467 g/mol. The zero-order valence-corrected chi connectivity index (χ0v) is 19.8. The van der Waals surface area contributed by atoms with Crippen molar-refractivity contribution in [3.63, 3.8) is 0 Å². The first kappa shape index (κ1) is 24.0. The number of hydrogen-bond donors (Lipinski definition) is 1. The summed E-state index contributed by atoms with van der Waals surface area (Å²) >= 11 is 0. The molecule has 2 atom stereocenters. The summed E-state index contributed by atoms with van der Waals surface area (Å²) < 4.78 is 18.6. The standard InChI is InChI=1S/C27H34FN3O3/c1-34-23-11-9-22(10-12-23)30-15-17-31(18-16-30)27(33)25-8-3-2-7-24(25)26(32)29-14-13-20-5-4-6-21(28)19-20/h4-6,9-12,19,24-25H,2-3,7-8,13-18H2,1H3,(H,29,32). The molecule has 6 nitrogen and oxygen atoms in total. The van der Waals surface area contributed by atoms with Crippen LogP contribution in [0.15, 0.2) is 48.5 Å². The van der Waals surface area contributed by atoms with Gasteiger partial charge < -0.3 is 19.9 Å². The second kappa shape index (κ2) is 11.4. The van der Waals surface area contributed by atoms with E-state index in [1.807, 2.05) is 35.2 Å². The van der Waals surface area contributed by atoms with Crippen molar-refractivity contribution in [1.29, 1.82) is 0 Å². The van der Waals surface area contributed by atoms with E-state index in [-0.39, 0.29) is 29.5 Å². The van der Waals surface area contributed by atoms with Gasteiger partial charge >= 0.3 is 0 Å². The minimum Gasteiger partial charge on any atom is -0.497 e. The number of piperazine rings is 1. The van der Waals surface area contributed by atoms with Crippen LogP contribution < -0.4 is 15.0 Å². The number of ether oxygens (including phenoxy) is 1. The number of hydrogen-bond acceptors (Lipinski definition) is 4. The van der Waals surface area contributed by atoms with Crippen LogP contribution in [0.25, 0.3) is 0 Å². The van der Waals surface area contributed by atoms with E-state index in [2.05, 4.69) is 10.2 Å². The molecule has 1 saturated carbocycles. The number of carbonyl (C=O) groups is 2. The molecular weight excluding hydrogens is 433 g/mol. The zero-order chi connectivity index (χ0) is 23.9. The largest absolute Gasteiger partial charge is 0.497 e. The van der Waals surface area contributed by atoms with E-state index in [0.29, 0.717) is 26.1 Å². The highest BCUT2D eigenvalue weighted by Crippen LogP contribution is 2.32. The molecule has 1 aliphatic carbocycles. The van der Waals surface area contributed by atoms with E-state index in [9.17, 15) is 14.0 Å². The first-order chi connectivity index (χ1) is 16.5. The van der Waals surface area contributed by atoms with Crippen LogP contribution in [0.1, 0.15) is 31.2 Å². The molecular formula is C27H34FN3O3. The number of rotatable bonds is 7. The van der Waals surface area contributed by atoms with E-state index in [0.717, 1.165) is 55.8 Å². The Hall–Kier alpha value is -3.09. The SMILES string of the molecule is COc1ccc(N2CCN(C(=O)C3CCCCC3C(=O)NCCc3cccc(F)c3)CC2)cc1. The summed E-state index contributed by atoms with van der Waals surface area (Å²) in [5.74, 6) is 0.0819. The quantitative estimate of drug-likeness (QED) is 0.675. The van der Waals surface area contributed by atoms with E-state index < -0.39 is 0 Å². The van der Waals surface area contributed by atoms with Gasteiger partial charge in [-0.15, -0.1) is 0 Å². The lowest BCUT2D eigenvalue weighted by Crippen LogP contribution is -2.53. The van der Waals surface area contributed by atoms with Gasteiger partial charge in [-0.2, -0.15) is 0 Å². The molecule has 1 saturated heterocycles. The summed E-state index contributed by atoms with van der Waals surface area (Å²) in [5.41, 5.74) is 1.98. The Labute approximate surface area is 201 Å². The van der Waals surface area contributed by atoms with E-state index in [1.165, 1.54) is 12.1 Å². The zero-order valence-electron chi connectivity index (χ0n) is 19.8. The number of benzene rings is 2. The van der Waals surface area contributed by atoms with E-state index >= 15 is 0 Å². The van der Waals surface area contributed by atoms with Crippen LogP contribution >= 0.6 is 0 Å². The second-order valence-electron chi connectivity index (χ2n) is 9.18. The van der Waals surface area contributed by atoms with Gasteiger partial charge in [0.15, 0.2) is 0 Å². The van der Waals surface area contributed by atoms with Gasteiger partial charge in [-0.3, -0.25) is 9.59 Å². The van der Waals surface area contributed by atoms with Crippen molar-refractivity contribution >= 4 is 17.5 Å². The van der Waals surface area contributed by atoms with Crippen molar-refractivity contribution in [2.24, 2.45) is 11.8 Å². The number of nitrogens with zero attached hydrogens (tertiary/aromatic N) is 2. The topological polar surface area (TPSA) is 61.9 Å². The van der Waals surface area contributed by atoms with Gasteiger partial charge in [-0.25, -0.2) is 4.39 Å². The maximum Gasteiger partial charge on any atom is 0.226 e. The van der Waals surface area contributed by atoms with Gasteiger partial charge in [0.2, 0.25) is 11.8 Å². The Balaban J connectivity index is 1.29. The molecule has 2 fully saturated rings. The minimum absolute atomic E-state index is 0.0497. The molecule has 0 bridgehead atoms. The summed E-state index contributed by atoms with van der Waals surface area (Å²) in [6.07, 6.45) is 4.03. The molecule has 34 heavy (non-hydrogen) atoms. The minimum atomic E-state index is -0.284. The molecule has 0 spiro atoms. The maximum atomic E-state index is 13.4. The highest BCUT2D eigenvalue weighted by Gasteiger charge is 2.38. The van der Waals surface area contributed by atoms with Crippen LogP contribution in [0.3, 0.4) is 0 Å². The summed E-state index contributed by atoms with van der Waals surface area (Å²) in [6.45, 7) is 3.31. The highest BCUT2D eigenvalue weighted by molar-refractivity contribution is 5.88. The number of methoxy groups -OCH3 is 1. The maximum absolute atomic E-state index is 13.4. The molecule has 0 radical (unpaired) electrons. The molecule has 2 aliphatic rings. The molecule has 0 aromatic heterocycles. The lowest BCUT2D eigenvalue weighted by atomic mass is 9.77. The molecule has 182 valence electrons. The van der Waals surface area contributed by atoms with Crippen LogP contribution in [-0.4, -0.2) is 56.5 Å². The number of nitrogens with one attached hydrogen (secondary N) is 1. The Morgan fingerprint density at radius 3 is 2.38 bits per heavy atom. The van der Waals surface area contributed by atoms with Crippen LogP contribution in [0.4, 0.5) is 10.1 Å². The lowest BCUT2D eigenvalue weighted by molar-refractivity contribution is -0.143. The molecule has 2 amide bonds. The smallest absolute Gasteiger partial charge is 0.226 e. The summed E-state index contributed by atoms with van der Waals surface area (Å²) in [6, 6.07) is 14.4. The van der Waals surface area contributed by atoms with Crippen LogP contribution in [0, 0.1) is 17.7 Å². The molecule has 4 rings (SSSR count). The van der Waals surface area contributed by atoms with Crippen LogP contribution in [-0.2, 0) is 16.0 Å². The van der Waals surface area contributed by atoms with Gasteiger partial charge in [0.25, 0.3) is 0 Å². The van der Waals surface area contributed by atoms with Crippen LogP contribution in [0.5, 0.6) is 5.75 Å². The lowest BCUT2D eigenvalue weighted by Gasteiger charge is -2.39. The van der Waals surface area contributed by atoms with Crippen molar-refractivity contribution < 1.29 is 18.7 Å². The van der Waals surface area contributed by atoms with Gasteiger partial charge in [0.05, 0.1) is 7.11 Å². The molecule has 2 unspecified atom stereocenters. The predicted molar refractivity (Wildman–Crippen MR) is 130 cm³/mol. The van der Waals surface area contributed by atoms with Crippen molar-refractivity contribution in [3.05, 3.63) is 59.9 Å². The van der Waals surface area contributed by atoms with E-state index in [1.54, 1.807) is 13.2 Å². The molecule has 2 aromatic rings. The Morgan fingerprint density at radius 2 is 1.71 bits per heavy atom. The highest BCUT2D eigenvalue weighted by atomic mass is 19.1. The Kier molecular flexibility index (Phi) is 8.03. The molecule has 1 N–H and O–H groups in total. The Morgan fingerprint density at radius 1 is 1.00 bits per heavy atom. The average Bonchev–Trinajstić information content (AvgIpc) is 2.88. The first-order valence-corrected chi connectivity index (χ1v) is 12.2. The Bertz CT molecular complexity index is 973. The fraction of sp³-hybridized carbons (Fsp3) is 0.481. The number of anilines is 1. The first-order valence-electron chi connectivity index (χ1n) is 12.2. The van der Waals surface area contributed by atoms with Gasteiger partial charge in [-0.1, -0.05) is 25.0 Å². The second-order valence-corrected chi connectivity index (χ2v) is 9.18. The van der Waals surface area contributed by atoms with Gasteiger partial charge in [0.1, 0.15) is 11.6 Å². The number of amides is 2. The third kappa shape index (κ3) is 5.88.